The van der Waals surface area contributed by atoms with E-state index in [4.69, 9.17) is 0 Å². The van der Waals surface area contributed by atoms with Gasteiger partial charge in [0.15, 0.2) is 0 Å². The van der Waals surface area contributed by atoms with Crippen LogP contribution in [0.3, 0.4) is 0 Å². The van der Waals surface area contributed by atoms with Gasteiger partial charge >= 0.3 is 0 Å². The van der Waals surface area contributed by atoms with Crippen molar-refractivity contribution in [2.24, 2.45) is 0 Å². The average molecular weight is 396 g/mol. The largest absolute Gasteiger partial charge is 0.363 e. The van der Waals surface area contributed by atoms with E-state index in [2.05, 4.69) is 63.2 Å². The Morgan fingerprint density at radius 2 is 2.10 bits per heavy atom. The van der Waals surface area contributed by atoms with E-state index in [9.17, 15) is 0 Å². The third-order valence-electron chi connectivity index (χ3n) is 4.02. The predicted octanol–water partition coefficient (Wildman–Crippen LogP) is 5.49. The average Bonchev–Trinajstić information content (AvgIpc) is 3.00. The summed E-state index contributed by atoms with van der Waals surface area (Å²) in [5, 5.41) is 2.18. The third kappa shape index (κ3) is 3.37. The quantitative estimate of drug-likeness (QED) is 0.618. The lowest BCUT2D eigenvalue weighted by molar-refractivity contribution is 0.413. The molecule has 1 aromatic carbocycles. The standard InChI is InChI=1S/C17H19INS/c18-16-10-4-5-11-17(16)19(13-15-9-6-12-20-15)14-7-2-1-3-8-14/h5-6,9-12,14H,1-3,7-8,13H2. The first-order valence-electron chi connectivity index (χ1n) is 7.29. The normalized spacial score (nSPS) is 16.2. The van der Waals surface area contributed by atoms with Gasteiger partial charge in [0.1, 0.15) is 0 Å². The maximum absolute atomic E-state index is 3.19. The highest BCUT2D eigenvalue weighted by Crippen LogP contribution is 2.32. The summed E-state index contributed by atoms with van der Waals surface area (Å²) in [6.07, 6.45) is 6.82. The first-order chi connectivity index (χ1) is 9.84. The maximum Gasteiger partial charge on any atom is 0.0526 e. The van der Waals surface area contributed by atoms with E-state index in [1.54, 1.807) is 0 Å². The SMILES string of the molecule is Ic1c[c]ccc1N(Cc1cccs1)C1CCCCC1. The molecular formula is C17H19INS. The molecule has 1 saturated carbocycles. The van der Waals surface area contributed by atoms with Gasteiger partial charge in [-0.1, -0.05) is 31.4 Å². The first kappa shape index (κ1) is 14.4. The summed E-state index contributed by atoms with van der Waals surface area (Å²) in [6, 6.07) is 14.7. The zero-order valence-electron chi connectivity index (χ0n) is 11.5. The second kappa shape index (κ2) is 6.94. The molecule has 1 radical (unpaired) electrons. The molecule has 0 aliphatic heterocycles. The smallest absolute Gasteiger partial charge is 0.0526 e. The van der Waals surface area contributed by atoms with Gasteiger partial charge in [0.2, 0.25) is 0 Å². The third-order valence-corrected chi connectivity index (χ3v) is 5.75. The number of hydrogen-bond acceptors (Lipinski definition) is 2. The fraction of sp³-hybridized carbons (Fsp3) is 0.412. The van der Waals surface area contributed by atoms with Gasteiger partial charge in [-0.25, -0.2) is 0 Å². The molecule has 105 valence electrons. The van der Waals surface area contributed by atoms with E-state index in [1.807, 2.05) is 17.4 Å². The van der Waals surface area contributed by atoms with Crippen LogP contribution in [0.4, 0.5) is 5.69 Å². The molecule has 2 aromatic rings. The Morgan fingerprint density at radius 1 is 1.25 bits per heavy atom. The molecule has 0 spiro atoms. The van der Waals surface area contributed by atoms with E-state index in [0.717, 1.165) is 6.54 Å². The number of anilines is 1. The molecule has 1 aliphatic carbocycles. The summed E-state index contributed by atoms with van der Waals surface area (Å²) in [5.74, 6) is 0. The van der Waals surface area contributed by atoms with Crippen LogP contribution in [0.15, 0.2) is 35.7 Å². The van der Waals surface area contributed by atoms with Crippen LogP contribution in [0.25, 0.3) is 0 Å². The van der Waals surface area contributed by atoms with Gasteiger partial charge in [0.25, 0.3) is 0 Å². The summed E-state index contributed by atoms with van der Waals surface area (Å²) in [6.45, 7) is 1.04. The lowest BCUT2D eigenvalue weighted by Crippen LogP contribution is -2.36. The van der Waals surface area contributed by atoms with E-state index in [1.165, 1.54) is 46.2 Å². The zero-order valence-corrected chi connectivity index (χ0v) is 14.5. The molecule has 1 aromatic heterocycles. The molecule has 3 rings (SSSR count). The highest BCUT2D eigenvalue weighted by atomic mass is 127. The van der Waals surface area contributed by atoms with Crippen LogP contribution in [-0.2, 0) is 6.54 Å². The van der Waals surface area contributed by atoms with Crippen LogP contribution in [0.1, 0.15) is 37.0 Å². The van der Waals surface area contributed by atoms with Gasteiger partial charge in [-0.3, -0.25) is 0 Å². The van der Waals surface area contributed by atoms with Crippen molar-refractivity contribution >= 4 is 39.6 Å². The summed E-state index contributed by atoms with van der Waals surface area (Å²) < 4.78 is 1.31. The molecule has 20 heavy (non-hydrogen) atoms. The fourth-order valence-corrected chi connectivity index (χ4v) is 4.38. The zero-order chi connectivity index (χ0) is 13.8. The Bertz CT molecular complexity index is 532. The molecule has 0 unspecified atom stereocenters. The van der Waals surface area contributed by atoms with Crippen LogP contribution in [-0.4, -0.2) is 6.04 Å². The van der Waals surface area contributed by atoms with Gasteiger partial charge in [-0.05, 0) is 65.1 Å². The highest BCUT2D eigenvalue weighted by Gasteiger charge is 2.23. The van der Waals surface area contributed by atoms with E-state index >= 15 is 0 Å². The van der Waals surface area contributed by atoms with E-state index in [-0.39, 0.29) is 0 Å². The molecular weight excluding hydrogens is 377 g/mol. The minimum absolute atomic E-state index is 0.696. The molecule has 1 aliphatic rings. The second-order valence-electron chi connectivity index (χ2n) is 5.38. The van der Waals surface area contributed by atoms with Crippen LogP contribution in [0.2, 0.25) is 0 Å². The van der Waals surface area contributed by atoms with Gasteiger partial charge in [0, 0.05) is 14.5 Å². The van der Waals surface area contributed by atoms with Crippen LogP contribution >= 0.6 is 33.9 Å². The van der Waals surface area contributed by atoms with Gasteiger partial charge < -0.3 is 4.90 Å². The van der Waals surface area contributed by atoms with E-state index in [0.29, 0.717) is 6.04 Å². The molecule has 1 heterocycles. The van der Waals surface area contributed by atoms with Crippen molar-refractivity contribution in [3.8, 4) is 0 Å². The fourth-order valence-electron chi connectivity index (χ4n) is 3.01. The Hall–Kier alpha value is -0.550. The van der Waals surface area contributed by atoms with E-state index < -0.39 is 0 Å². The molecule has 1 nitrogen and oxygen atoms in total. The number of rotatable bonds is 4. The van der Waals surface area contributed by atoms with Crippen LogP contribution in [0.5, 0.6) is 0 Å². The van der Waals surface area contributed by atoms with Gasteiger partial charge in [-0.15, -0.1) is 11.3 Å². The Kier molecular flexibility index (Phi) is 4.99. The van der Waals surface area contributed by atoms with Crippen molar-refractivity contribution in [2.75, 3.05) is 4.90 Å². The predicted molar refractivity (Wildman–Crippen MR) is 95.4 cm³/mol. The number of halogens is 1. The highest BCUT2D eigenvalue weighted by molar-refractivity contribution is 14.1. The van der Waals surface area contributed by atoms with Crippen molar-refractivity contribution in [3.05, 3.63) is 50.2 Å². The summed E-state index contributed by atoms with van der Waals surface area (Å²) in [7, 11) is 0. The van der Waals surface area contributed by atoms with Crippen LogP contribution in [0, 0.1) is 9.64 Å². The summed E-state index contributed by atoms with van der Waals surface area (Å²) >= 11 is 4.31. The number of benzene rings is 1. The van der Waals surface area contributed by atoms with Crippen molar-refractivity contribution in [3.63, 3.8) is 0 Å². The number of thiophene rings is 1. The minimum atomic E-state index is 0.696. The second-order valence-corrected chi connectivity index (χ2v) is 7.57. The minimum Gasteiger partial charge on any atom is -0.363 e. The number of hydrogen-bond donors (Lipinski definition) is 0. The van der Waals surface area contributed by atoms with Crippen molar-refractivity contribution in [2.45, 2.75) is 44.7 Å². The maximum atomic E-state index is 3.19. The number of nitrogens with zero attached hydrogens (tertiary/aromatic N) is 1. The monoisotopic (exact) mass is 396 g/mol. The molecule has 0 bridgehead atoms. The lowest BCUT2D eigenvalue weighted by Gasteiger charge is -2.36. The lowest BCUT2D eigenvalue weighted by atomic mass is 9.93. The molecule has 0 atom stereocenters. The molecule has 0 saturated heterocycles. The first-order valence-corrected chi connectivity index (χ1v) is 9.25. The molecule has 0 N–H and O–H groups in total. The van der Waals surface area contributed by atoms with Crippen molar-refractivity contribution in [1.82, 2.24) is 0 Å². The Balaban J connectivity index is 1.88. The molecule has 0 amide bonds. The van der Waals surface area contributed by atoms with Gasteiger partial charge in [0.05, 0.1) is 12.2 Å². The van der Waals surface area contributed by atoms with Crippen molar-refractivity contribution in [1.29, 1.82) is 0 Å². The van der Waals surface area contributed by atoms with Crippen molar-refractivity contribution < 1.29 is 0 Å². The summed E-state index contributed by atoms with van der Waals surface area (Å²) in [4.78, 5) is 4.08. The topological polar surface area (TPSA) is 3.24 Å². The summed E-state index contributed by atoms with van der Waals surface area (Å²) in [5.41, 5.74) is 1.38. The Morgan fingerprint density at radius 3 is 2.80 bits per heavy atom. The Labute approximate surface area is 139 Å². The molecule has 3 heteroatoms. The molecule has 1 fully saturated rings. The van der Waals surface area contributed by atoms with Crippen LogP contribution < -0.4 is 4.90 Å². The van der Waals surface area contributed by atoms with Gasteiger partial charge in [-0.2, -0.15) is 0 Å².